The Morgan fingerprint density at radius 2 is 1.74 bits per heavy atom. The van der Waals surface area contributed by atoms with E-state index in [9.17, 15) is 27.6 Å². The van der Waals surface area contributed by atoms with Gasteiger partial charge in [0.15, 0.2) is 6.10 Å². The second kappa shape index (κ2) is 9.99. The Morgan fingerprint density at radius 3 is 2.38 bits per heavy atom. The maximum atomic E-state index is 13.3. The van der Waals surface area contributed by atoms with Gasteiger partial charge in [-0.3, -0.25) is 9.36 Å². The molecule has 206 valence electrons. The zero-order chi connectivity index (χ0) is 28.9. The largest absolute Gasteiger partial charge is 0.478 e. The van der Waals surface area contributed by atoms with Gasteiger partial charge < -0.3 is 9.47 Å². The van der Waals surface area contributed by atoms with E-state index in [1.807, 2.05) is 19.1 Å². The molecular weight excluding hydrogens is 535 g/mol. The fourth-order valence-corrected chi connectivity index (χ4v) is 4.72. The van der Waals surface area contributed by atoms with Gasteiger partial charge in [-0.1, -0.05) is 11.6 Å². The van der Waals surface area contributed by atoms with Gasteiger partial charge in [-0.2, -0.15) is 17.5 Å². The SMILES string of the molecule is Cc1ccc(OC(C)C(=O)OC(C)(C)C)c(-c2nsc3ccc(-n4c(=O)cc(C(F)(F)F)n(C)c4=O)cc23)c1. The lowest BCUT2D eigenvalue weighted by molar-refractivity contribution is -0.162. The minimum atomic E-state index is -4.86. The van der Waals surface area contributed by atoms with Gasteiger partial charge in [0.25, 0.3) is 5.56 Å². The van der Waals surface area contributed by atoms with Crippen molar-refractivity contribution in [2.24, 2.45) is 7.05 Å². The summed E-state index contributed by atoms with van der Waals surface area (Å²) in [6, 6.07) is 10.4. The van der Waals surface area contributed by atoms with Crippen LogP contribution in [0.2, 0.25) is 0 Å². The number of rotatable bonds is 5. The second-order valence-corrected chi connectivity index (χ2v) is 10.9. The number of hydrogen-bond donors (Lipinski definition) is 0. The van der Waals surface area contributed by atoms with E-state index in [4.69, 9.17) is 9.47 Å². The van der Waals surface area contributed by atoms with Gasteiger partial charge in [0.1, 0.15) is 17.0 Å². The van der Waals surface area contributed by atoms with Gasteiger partial charge in [-0.25, -0.2) is 14.2 Å². The number of esters is 1. The molecule has 1 atom stereocenters. The van der Waals surface area contributed by atoms with E-state index in [-0.39, 0.29) is 5.69 Å². The molecular formula is C27H26F3N3O5S. The maximum Gasteiger partial charge on any atom is 0.431 e. The Morgan fingerprint density at radius 1 is 1.05 bits per heavy atom. The Labute approximate surface area is 225 Å². The molecule has 2 aromatic heterocycles. The Balaban J connectivity index is 1.82. The number of hydrogen-bond acceptors (Lipinski definition) is 7. The fraction of sp³-hybridized carbons (Fsp3) is 0.333. The van der Waals surface area contributed by atoms with Gasteiger partial charge in [-0.05, 0) is 76.5 Å². The summed E-state index contributed by atoms with van der Waals surface area (Å²) in [5, 5.41) is 0.548. The lowest BCUT2D eigenvalue weighted by Gasteiger charge is -2.23. The number of carbonyl (C=O) groups is 1. The summed E-state index contributed by atoms with van der Waals surface area (Å²) >= 11 is 1.16. The number of carbonyl (C=O) groups excluding carboxylic acids is 1. The van der Waals surface area contributed by atoms with Crippen molar-refractivity contribution in [1.82, 2.24) is 13.5 Å². The highest BCUT2D eigenvalue weighted by molar-refractivity contribution is 7.13. The molecule has 12 heteroatoms. The van der Waals surface area contributed by atoms with E-state index >= 15 is 0 Å². The van der Waals surface area contributed by atoms with Crippen LogP contribution in [0.4, 0.5) is 13.2 Å². The van der Waals surface area contributed by atoms with Crippen LogP contribution in [0.5, 0.6) is 5.75 Å². The summed E-state index contributed by atoms with van der Waals surface area (Å²) < 4.78 is 57.6. The first kappa shape index (κ1) is 28.1. The van der Waals surface area contributed by atoms with Crippen LogP contribution in [0.3, 0.4) is 0 Å². The van der Waals surface area contributed by atoms with Crippen molar-refractivity contribution in [2.45, 2.75) is 52.5 Å². The molecule has 4 rings (SSSR count). The fourth-order valence-electron chi connectivity index (χ4n) is 3.95. The molecule has 0 saturated carbocycles. The van der Waals surface area contributed by atoms with Crippen LogP contribution in [0.15, 0.2) is 52.1 Å². The third-order valence-electron chi connectivity index (χ3n) is 5.75. The van der Waals surface area contributed by atoms with Crippen molar-refractivity contribution in [1.29, 1.82) is 0 Å². The number of alkyl halides is 3. The molecule has 0 N–H and O–H groups in total. The van der Waals surface area contributed by atoms with E-state index < -0.39 is 40.8 Å². The first-order valence-corrected chi connectivity index (χ1v) is 12.6. The van der Waals surface area contributed by atoms with Crippen LogP contribution in [0.1, 0.15) is 39.0 Å². The molecule has 0 amide bonds. The zero-order valence-corrected chi connectivity index (χ0v) is 22.9. The molecule has 2 heterocycles. The molecule has 0 fully saturated rings. The quantitative estimate of drug-likeness (QED) is 0.309. The first-order valence-electron chi connectivity index (χ1n) is 11.9. The molecule has 0 bridgehead atoms. The van der Waals surface area contributed by atoms with E-state index in [2.05, 4.69) is 4.37 Å². The Kier molecular flexibility index (Phi) is 7.20. The molecule has 0 aliphatic heterocycles. The highest BCUT2D eigenvalue weighted by Gasteiger charge is 2.35. The maximum absolute atomic E-state index is 13.3. The Hall–Kier alpha value is -3.93. The predicted octanol–water partition coefficient (Wildman–Crippen LogP) is 5.25. The highest BCUT2D eigenvalue weighted by atomic mass is 32.1. The van der Waals surface area contributed by atoms with E-state index in [1.165, 1.54) is 12.1 Å². The smallest absolute Gasteiger partial charge is 0.431 e. The van der Waals surface area contributed by atoms with Gasteiger partial charge in [0, 0.05) is 24.1 Å². The molecule has 0 aliphatic rings. The monoisotopic (exact) mass is 561 g/mol. The van der Waals surface area contributed by atoms with Crippen molar-refractivity contribution in [3.05, 3.63) is 74.6 Å². The van der Waals surface area contributed by atoms with E-state index in [0.717, 1.165) is 24.1 Å². The van der Waals surface area contributed by atoms with E-state index in [0.29, 0.717) is 42.3 Å². The third kappa shape index (κ3) is 5.75. The van der Waals surface area contributed by atoms with Crippen LogP contribution in [0.25, 0.3) is 27.0 Å². The van der Waals surface area contributed by atoms with Gasteiger partial charge >= 0.3 is 17.8 Å². The topological polar surface area (TPSA) is 92.4 Å². The highest BCUT2D eigenvalue weighted by Crippen LogP contribution is 2.38. The van der Waals surface area contributed by atoms with Crippen molar-refractivity contribution in [3.8, 4) is 22.7 Å². The van der Waals surface area contributed by atoms with Gasteiger partial charge in [-0.15, -0.1) is 0 Å². The summed E-state index contributed by atoms with van der Waals surface area (Å²) in [6.07, 6.45) is -5.79. The Bertz CT molecular complexity index is 1700. The van der Waals surface area contributed by atoms with Crippen molar-refractivity contribution < 1.29 is 27.4 Å². The molecule has 2 aromatic carbocycles. The standard InChI is InChI=1S/C27H26F3N3O5S/c1-14-7-9-19(37-15(2)24(35)38-26(3,4)5)17(11-14)23-18-12-16(8-10-20(18)39-31-23)33-22(34)13-21(27(28,29)30)32(6)25(33)36/h7-13,15H,1-6H3. The van der Waals surface area contributed by atoms with Crippen LogP contribution < -0.4 is 16.0 Å². The number of fused-ring (bicyclic) bond motifs is 1. The van der Waals surface area contributed by atoms with Gasteiger partial charge in [0.05, 0.1) is 16.1 Å². The van der Waals surface area contributed by atoms with Crippen LogP contribution in [-0.4, -0.2) is 31.2 Å². The summed E-state index contributed by atoms with van der Waals surface area (Å²) in [5.41, 5.74) is -2.30. The molecule has 0 radical (unpaired) electrons. The zero-order valence-electron chi connectivity index (χ0n) is 22.0. The summed E-state index contributed by atoms with van der Waals surface area (Å²) in [4.78, 5) is 38.0. The lowest BCUT2D eigenvalue weighted by atomic mass is 10.0. The number of aryl methyl sites for hydroxylation is 1. The number of halogens is 3. The molecule has 4 aromatic rings. The molecule has 0 saturated heterocycles. The lowest BCUT2D eigenvalue weighted by Crippen LogP contribution is -2.40. The van der Waals surface area contributed by atoms with Crippen LogP contribution in [-0.2, 0) is 22.8 Å². The van der Waals surface area contributed by atoms with Gasteiger partial charge in [0.2, 0.25) is 0 Å². The summed E-state index contributed by atoms with van der Waals surface area (Å²) in [7, 11) is 0.958. The third-order valence-corrected chi connectivity index (χ3v) is 6.58. The summed E-state index contributed by atoms with van der Waals surface area (Å²) in [6.45, 7) is 8.70. The molecule has 8 nitrogen and oxygen atoms in total. The minimum Gasteiger partial charge on any atom is -0.478 e. The minimum absolute atomic E-state index is 0.0838. The molecule has 39 heavy (non-hydrogen) atoms. The van der Waals surface area contributed by atoms with Crippen LogP contribution >= 0.6 is 11.5 Å². The molecule has 1 unspecified atom stereocenters. The number of aromatic nitrogens is 3. The average Bonchev–Trinajstić information content (AvgIpc) is 3.24. The normalized spacial score (nSPS) is 12.9. The van der Waals surface area contributed by atoms with E-state index in [1.54, 1.807) is 39.8 Å². The summed E-state index contributed by atoms with van der Waals surface area (Å²) in [5.74, 6) is -0.184. The second-order valence-electron chi connectivity index (χ2n) is 10.0. The van der Waals surface area contributed by atoms with Crippen molar-refractivity contribution in [2.75, 3.05) is 0 Å². The van der Waals surface area contributed by atoms with Crippen molar-refractivity contribution in [3.63, 3.8) is 0 Å². The number of nitrogens with zero attached hydrogens (tertiary/aromatic N) is 3. The predicted molar refractivity (Wildman–Crippen MR) is 142 cm³/mol. The first-order chi connectivity index (χ1) is 18.1. The van der Waals surface area contributed by atoms with Crippen molar-refractivity contribution >= 4 is 27.6 Å². The average molecular weight is 562 g/mol. The number of benzene rings is 2. The molecule has 0 spiro atoms. The van der Waals surface area contributed by atoms with Crippen LogP contribution in [0, 0.1) is 6.92 Å². The number of ether oxygens (including phenoxy) is 2. The molecule has 0 aliphatic carbocycles.